The Kier molecular flexibility index (Phi) is 6.70. The number of benzene rings is 1. The van der Waals surface area contributed by atoms with Crippen molar-refractivity contribution in [3.05, 3.63) is 34.1 Å². The summed E-state index contributed by atoms with van der Waals surface area (Å²) in [7, 11) is 3.61. The lowest BCUT2D eigenvalue weighted by atomic mass is 10.0. The smallest absolute Gasteiger partial charge is 0.126 e. The highest BCUT2D eigenvalue weighted by Crippen LogP contribution is 2.18. The molecule has 0 aliphatic rings. The van der Waals surface area contributed by atoms with Crippen molar-refractivity contribution in [3.8, 4) is 0 Å². The maximum atomic E-state index is 13.6. The van der Waals surface area contributed by atoms with Gasteiger partial charge in [-0.2, -0.15) is 0 Å². The molecule has 0 radical (unpaired) electrons. The topological polar surface area (TPSA) is 21.3 Å². The van der Waals surface area contributed by atoms with Crippen molar-refractivity contribution in [2.24, 2.45) is 0 Å². The van der Waals surface area contributed by atoms with Crippen LogP contribution in [0, 0.1) is 5.82 Å². The van der Waals surface area contributed by atoms with E-state index in [-0.39, 0.29) is 11.9 Å². The van der Waals surface area contributed by atoms with E-state index in [1.807, 2.05) is 13.1 Å². The summed E-state index contributed by atoms with van der Waals surface area (Å²) in [5, 5.41) is 3.22. The molecule has 0 bridgehead atoms. The van der Waals surface area contributed by atoms with Crippen molar-refractivity contribution in [1.82, 2.24) is 5.32 Å². The number of likely N-dealkylation sites (N-methyl/N-ethyl adjacent to an activating group) is 1. The zero-order valence-corrected chi connectivity index (χ0v) is 11.9. The third-order valence-corrected chi connectivity index (χ3v) is 3.28. The summed E-state index contributed by atoms with van der Waals surface area (Å²) >= 11 is 3.36. The third-order valence-electron chi connectivity index (χ3n) is 2.78. The average molecular weight is 304 g/mol. The van der Waals surface area contributed by atoms with Crippen LogP contribution in [0.5, 0.6) is 0 Å². The van der Waals surface area contributed by atoms with Crippen molar-refractivity contribution >= 4 is 15.9 Å². The first-order chi connectivity index (χ1) is 8.17. The summed E-state index contributed by atoms with van der Waals surface area (Å²) in [6.07, 6.45) is 2.67. The van der Waals surface area contributed by atoms with E-state index in [0.717, 1.165) is 29.5 Å². The Morgan fingerprint density at radius 1 is 1.47 bits per heavy atom. The number of halogens is 2. The first kappa shape index (κ1) is 14.6. The van der Waals surface area contributed by atoms with Gasteiger partial charge in [-0.15, -0.1) is 0 Å². The minimum absolute atomic E-state index is 0.139. The molecule has 0 saturated heterocycles. The molecule has 2 nitrogen and oxygen atoms in total. The summed E-state index contributed by atoms with van der Waals surface area (Å²) in [5.74, 6) is -0.139. The van der Waals surface area contributed by atoms with Crippen molar-refractivity contribution in [2.75, 3.05) is 20.8 Å². The fourth-order valence-corrected chi connectivity index (χ4v) is 2.20. The molecular weight excluding hydrogens is 285 g/mol. The van der Waals surface area contributed by atoms with E-state index >= 15 is 0 Å². The molecule has 0 fully saturated rings. The summed E-state index contributed by atoms with van der Waals surface area (Å²) in [6, 6.07) is 5.35. The highest BCUT2D eigenvalue weighted by molar-refractivity contribution is 9.10. The Balaban J connectivity index is 2.57. The Hall–Kier alpha value is -0.450. The van der Waals surface area contributed by atoms with Crippen LogP contribution in [0.3, 0.4) is 0 Å². The van der Waals surface area contributed by atoms with E-state index in [2.05, 4.69) is 21.2 Å². The normalized spacial score (nSPS) is 12.7. The van der Waals surface area contributed by atoms with Gasteiger partial charge in [0.05, 0.1) is 0 Å². The third kappa shape index (κ3) is 5.15. The van der Waals surface area contributed by atoms with E-state index < -0.39 is 0 Å². The van der Waals surface area contributed by atoms with Gasteiger partial charge in [0.25, 0.3) is 0 Å². The van der Waals surface area contributed by atoms with Crippen molar-refractivity contribution < 1.29 is 9.13 Å². The molecule has 1 rings (SSSR count). The van der Waals surface area contributed by atoms with Gasteiger partial charge < -0.3 is 10.1 Å². The van der Waals surface area contributed by atoms with Gasteiger partial charge in [0.1, 0.15) is 5.82 Å². The van der Waals surface area contributed by atoms with Gasteiger partial charge in [-0.1, -0.05) is 15.9 Å². The van der Waals surface area contributed by atoms with Crippen LogP contribution in [0.4, 0.5) is 4.39 Å². The van der Waals surface area contributed by atoms with Crippen LogP contribution in [0.2, 0.25) is 0 Å². The van der Waals surface area contributed by atoms with Crippen molar-refractivity contribution in [3.63, 3.8) is 0 Å². The number of methoxy groups -OCH3 is 1. The van der Waals surface area contributed by atoms with Crippen LogP contribution in [0.15, 0.2) is 22.7 Å². The van der Waals surface area contributed by atoms with Crippen LogP contribution in [-0.4, -0.2) is 26.8 Å². The zero-order chi connectivity index (χ0) is 12.7. The van der Waals surface area contributed by atoms with Gasteiger partial charge in [-0.3, -0.25) is 0 Å². The molecule has 17 heavy (non-hydrogen) atoms. The minimum atomic E-state index is -0.139. The molecule has 4 heteroatoms. The predicted molar refractivity (Wildman–Crippen MR) is 71.8 cm³/mol. The first-order valence-electron chi connectivity index (χ1n) is 5.77. The molecule has 1 unspecified atom stereocenters. The lowest BCUT2D eigenvalue weighted by molar-refractivity contribution is 0.189. The standard InChI is InChI=1S/C13H19BrFNO/c1-16-12(4-3-7-17-2)9-10-8-11(14)5-6-13(10)15/h5-6,8,12,16H,3-4,7,9H2,1-2H3. The van der Waals surface area contributed by atoms with Gasteiger partial charge >= 0.3 is 0 Å². The van der Waals surface area contributed by atoms with Gasteiger partial charge in [-0.05, 0) is 50.1 Å². The summed E-state index contributed by atoms with van der Waals surface area (Å²) in [6.45, 7) is 0.749. The quantitative estimate of drug-likeness (QED) is 0.781. The molecular formula is C13H19BrFNO. The second-order valence-corrected chi connectivity index (χ2v) is 4.98. The fourth-order valence-electron chi connectivity index (χ4n) is 1.79. The molecule has 1 aromatic rings. The average Bonchev–Trinajstić information content (AvgIpc) is 2.32. The van der Waals surface area contributed by atoms with Gasteiger partial charge in [0.2, 0.25) is 0 Å². The molecule has 1 atom stereocenters. The monoisotopic (exact) mass is 303 g/mol. The number of ether oxygens (including phenoxy) is 1. The molecule has 0 aliphatic carbocycles. The van der Waals surface area contributed by atoms with Gasteiger partial charge in [0.15, 0.2) is 0 Å². The second-order valence-electron chi connectivity index (χ2n) is 4.06. The molecule has 1 aromatic carbocycles. The predicted octanol–water partition coefficient (Wildman–Crippen LogP) is 3.15. The lowest BCUT2D eigenvalue weighted by Crippen LogP contribution is -2.28. The number of hydrogen-bond acceptors (Lipinski definition) is 2. The Morgan fingerprint density at radius 3 is 2.88 bits per heavy atom. The lowest BCUT2D eigenvalue weighted by Gasteiger charge is -2.16. The first-order valence-corrected chi connectivity index (χ1v) is 6.56. The fraction of sp³-hybridized carbons (Fsp3) is 0.538. The van der Waals surface area contributed by atoms with Crippen LogP contribution >= 0.6 is 15.9 Å². The molecule has 1 N–H and O–H groups in total. The Bertz CT molecular complexity index is 346. The number of rotatable bonds is 7. The molecule has 0 spiro atoms. The van der Waals surface area contributed by atoms with E-state index in [0.29, 0.717) is 6.42 Å². The van der Waals surface area contributed by atoms with Crippen molar-refractivity contribution in [2.45, 2.75) is 25.3 Å². The van der Waals surface area contributed by atoms with E-state index in [1.165, 1.54) is 6.07 Å². The number of hydrogen-bond donors (Lipinski definition) is 1. The van der Waals surface area contributed by atoms with E-state index in [4.69, 9.17) is 4.74 Å². The van der Waals surface area contributed by atoms with E-state index in [1.54, 1.807) is 13.2 Å². The molecule has 0 saturated carbocycles. The van der Waals surface area contributed by atoms with Crippen LogP contribution in [-0.2, 0) is 11.2 Å². The second kappa shape index (κ2) is 7.80. The molecule has 0 heterocycles. The Morgan fingerprint density at radius 2 is 2.24 bits per heavy atom. The molecule has 0 amide bonds. The summed E-state index contributed by atoms with van der Waals surface area (Å²) in [4.78, 5) is 0. The SMILES string of the molecule is CNC(CCCOC)Cc1cc(Br)ccc1F. The van der Waals surface area contributed by atoms with E-state index in [9.17, 15) is 4.39 Å². The highest BCUT2D eigenvalue weighted by atomic mass is 79.9. The van der Waals surface area contributed by atoms with Crippen LogP contribution < -0.4 is 5.32 Å². The highest BCUT2D eigenvalue weighted by Gasteiger charge is 2.10. The zero-order valence-electron chi connectivity index (χ0n) is 10.3. The van der Waals surface area contributed by atoms with Gasteiger partial charge in [0, 0.05) is 24.2 Å². The molecule has 96 valence electrons. The number of nitrogens with one attached hydrogen (secondary N) is 1. The van der Waals surface area contributed by atoms with Crippen LogP contribution in [0.25, 0.3) is 0 Å². The minimum Gasteiger partial charge on any atom is -0.385 e. The largest absolute Gasteiger partial charge is 0.385 e. The van der Waals surface area contributed by atoms with Crippen molar-refractivity contribution in [1.29, 1.82) is 0 Å². The molecule has 0 aromatic heterocycles. The summed E-state index contributed by atoms with van der Waals surface area (Å²) in [5.41, 5.74) is 0.746. The maximum absolute atomic E-state index is 13.6. The maximum Gasteiger partial charge on any atom is 0.126 e. The van der Waals surface area contributed by atoms with Crippen LogP contribution in [0.1, 0.15) is 18.4 Å². The Labute approximate surface area is 111 Å². The van der Waals surface area contributed by atoms with Gasteiger partial charge in [-0.25, -0.2) is 4.39 Å². The summed E-state index contributed by atoms with van der Waals surface area (Å²) < 4.78 is 19.5. The molecule has 0 aliphatic heterocycles.